The third-order valence-electron chi connectivity index (χ3n) is 4.95. The van der Waals surface area contributed by atoms with Crippen molar-refractivity contribution in [2.75, 3.05) is 13.4 Å². The zero-order chi connectivity index (χ0) is 20.9. The molecule has 4 aromatic rings. The fourth-order valence-electron chi connectivity index (χ4n) is 3.50. The fourth-order valence-corrected chi connectivity index (χ4v) is 4.04. The lowest BCUT2D eigenvalue weighted by atomic mass is 10.1. The minimum atomic E-state index is -0.325. The summed E-state index contributed by atoms with van der Waals surface area (Å²) < 4.78 is 7.03. The van der Waals surface area contributed by atoms with E-state index in [2.05, 4.69) is 35.2 Å². The Labute approximate surface area is 180 Å². The van der Waals surface area contributed by atoms with Gasteiger partial charge in [-0.3, -0.25) is 4.99 Å². The number of fused-ring (bicyclic) bond motifs is 1. The number of para-hydroxylation sites is 2. The lowest BCUT2D eigenvalue weighted by Gasteiger charge is -2.07. The molecule has 0 atom stereocenters. The highest BCUT2D eigenvalue weighted by Gasteiger charge is 2.10. The van der Waals surface area contributed by atoms with E-state index in [1.54, 1.807) is 17.8 Å². The smallest absolute Gasteiger partial charge is 0.337 e. The average molecular weight is 415 g/mol. The van der Waals surface area contributed by atoms with Gasteiger partial charge in [0.05, 0.1) is 18.4 Å². The van der Waals surface area contributed by atoms with Crippen LogP contribution in [0.1, 0.15) is 21.5 Å². The second-order valence-corrected chi connectivity index (χ2v) is 7.70. The molecule has 0 N–H and O–H groups in total. The molecule has 1 aromatic heterocycles. The Balaban J connectivity index is 1.69. The molecule has 4 nitrogen and oxygen atoms in total. The molecule has 0 aliphatic heterocycles. The monoisotopic (exact) mass is 414 g/mol. The normalized spacial score (nSPS) is 11.3. The maximum atomic E-state index is 11.9. The molecule has 4 rings (SSSR count). The van der Waals surface area contributed by atoms with Crippen LogP contribution < -0.4 is 0 Å². The average Bonchev–Trinajstić information content (AvgIpc) is 3.15. The van der Waals surface area contributed by atoms with E-state index in [-0.39, 0.29) is 5.97 Å². The summed E-state index contributed by atoms with van der Waals surface area (Å²) in [5.74, 6) is -0.325. The first-order valence-electron chi connectivity index (χ1n) is 9.62. The summed E-state index contributed by atoms with van der Waals surface area (Å²) in [5.41, 5.74) is 4.75. The van der Waals surface area contributed by atoms with Crippen LogP contribution in [-0.2, 0) is 11.3 Å². The number of benzene rings is 3. The molecule has 0 bridgehead atoms. The molecule has 0 spiro atoms. The molecule has 150 valence electrons. The van der Waals surface area contributed by atoms with E-state index in [9.17, 15) is 4.79 Å². The molecular formula is C25H22N2O2S. The van der Waals surface area contributed by atoms with Gasteiger partial charge in [-0.2, -0.15) is 0 Å². The molecule has 30 heavy (non-hydrogen) atoms. The van der Waals surface area contributed by atoms with Gasteiger partial charge in [0.2, 0.25) is 0 Å². The van der Waals surface area contributed by atoms with Gasteiger partial charge in [-0.1, -0.05) is 42.5 Å². The van der Waals surface area contributed by atoms with Crippen LogP contribution in [0.2, 0.25) is 0 Å². The van der Waals surface area contributed by atoms with Gasteiger partial charge >= 0.3 is 5.97 Å². The number of aliphatic imine (C=N–C) groups is 1. The Kier molecular flexibility index (Phi) is 6.00. The second kappa shape index (κ2) is 9.01. The molecule has 3 aromatic carbocycles. The van der Waals surface area contributed by atoms with Crippen molar-refractivity contribution in [1.82, 2.24) is 4.57 Å². The Morgan fingerprint density at radius 2 is 1.87 bits per heavy atom. The maximum absolute atomic E-state index is 11.9. The van der Waals surface area contributed by atoms with Crippen LogP contribution in [0.25, 0.3) is 10.9 Å². The number of esters is 1. The first kappa shape index (κ1) is 20.0. The number of carbonyl (C=O) groups is 1. The first-order valence-corrected chi connectivity index (χ1v) is 10.8. The predicted octanol–water partition coefficient (Wildman–Crippen LogP) is 5.95. The van der Waals surface area contributed by atoms with Gasteiger partial charge in [0.25, 0.3) is 0 Å². The van der Waals surface area contributed by atoms with Crippen LogP contribution in [0.15, 0.2) is 88.9 Å². The Hall–Kier alpha value is -3.31. The number of nitrogens with zero attached hydrogens (tertiary/aromatic N) is 2. The van der Waals surface area contributed by atoms with E-state index in [1.807, 2.05) is 54.7 Å². The number of carbonyl (C=O) groups excluding carboxylic acids is 1. The maximum Gasteiger partial charge on any atom is 0.337 e. The molecular weight excluding hydrogens is 392 g/mol. The largest absolute Gasteiger partial charge is 0.465 e. The third kappa shape index (κ3) is 4.16. The van der Waals surface area contributed by atoms with E-state index in [0.717, 1.165) is 32.6 Å². The summed E-state index contributed by atoms with van der Waals surface area (Å²) in [5, 5.41) is 1.15. The molecule has 0 saturated heterocycles. The Bertz CT molecular complexity index is 1230. The Morgan fingerprint density at radius 1 is 1.07 bits per heavy atom. The van der Waals surface area contributed by atoms with Crippen molar-refractivity contribution in [3.8, 4) is 0 Å². The number of methoxy groups -OCH3 is 1. The van der Waals surface area contributed by atoms with Gasteiger partial charge in [0.1, 0.15) is 0 Å². The minimum Gasteiger partial charge on any atom is -0.465 e. The summed E-state index contributed by atoms with van der Waals surface area (Å²) in [6.45, 7) is 0.653. The standard InChI is InChI=1S/C25H22N2O2S/c1-29-25(28)19-9-7-8-18(14-19)16-27-17-20(21-10-3-5-12-23(21)27)15-26-22-11-4-6-13-24(22)30-2/h3-15,17H,16H2,1-2H3. The highest BCUT2D eigenvalue weighted by Crippen LogP contribution is 2.28. The fraction of sp³-hybridized carbons (Fsp3) is 0.120. The van der Waals surface area contributed by atoms with Crippen LogP contribution in [0, 0.1) is 0 Å². The summed E-state index contributed by atoms with van der Waals surface area (Å²) >= 11 is 1.69. The summed E-state index contributed by atoms with van der Waals surface area (Å²) in [6.07, 6.45) is 6.10. The van der Waals surface area contributed by atoms with Gasteiger partial charge < -0.3 is 9.30 Å². The van der Waals surface area contributed by atoms with Gasteiger partial charge in [-0.05, 0) is 42.2 Å². The minimum absolute atomic E-state index is 0.325. The van der Waals surface area contributed by atoms with Crippen molar-refractivity contribution in [2.45, 2.75) is 11.4 Å². The lowest BCUT2D eigenvalue weighted by molar-refractivity contribution is 0.0600. The van der Waals surface area contributed by atoms with E-state index in [1.165, 1.54) is 7.11 Å². The van der Waals surface area contributed by atoms with Crippen molar-refractivity contribution in [1.29, 1.82) is 0 Å². The number of ether oxygens (including phenoxy) is 1. The first-order chi connectivity index (χ1) is 14.7. The molecule has 0 aliphatic carbocycles. The third-order valence-corrected chi connectivity index (χ3v) is 5.73. The zero-order valence-corrected chi connectivity index (χ0v) is 17.7. The van der Waals surface area contributed by atoms with Crippen molar-refractivity contribution in [3.05, 3.63) is 95.7 Å². The summed E-state index contributed by atoms with van der Waals surface area (Å²) in [4.78, 5) is 17.8. The molecule has 1 heterocycles. The summed E-state index contributed by atoms with van der Waals surface area (Å²) in [6, 6.07) is 24.0. The zero-order valence-electron chi connectivity index (χ0n) is 16.9. The van der Waals surface area contributed by atoms with Crippen LogP contribution in [0.3, 0.4) is 0 Å². The van der Waals surface area contributed by atoms with E-state index in [4.69, 9.17) is 9.73 Å². The number of aromatic nitrogens is 1. The topological polar surface area (TPSA) is 43.6 Å². The number of thioether (sulfide) groups is 1. The van der Waals surface area contributed by atoms with E-state index < -0.39 is 0 Å². The highest BCUT2D eigenvalue weighted by molar-refractivity contribution is 7.98. The number of hydrogen-bond acceptors (Lipinski definition) is 4. The molecule has 0 radical (unpaired) electrons. The SMILES string of the molecule is COC(=O)c1cccc(Cn2cc(C=Nc3ccccc3SC)c3ccccc32)c1. The van der Waals surface area contributed by atoms with Crippen LogP contribution in [0.4, 0.5) is 5.69 Å². The summed E-state index contributed by atoms with van der Waals surface area (Å²) in [7, 11) is 1.40. The van der Waals surface area contributed by atoms with Gasteiger partial charge in [-0.15, -0.1) is 11.8 Å². The van der Waals surface area contributed by atoms with E-state index in [0.29, 0.717) is 12.1 Å². The molecule has 5 heteroatoms. The van der Waals surface area contributed by atoms with Crippen LogP contribution in [-0.4, -0.2) is 30.1 Å². The lowest BCUT2D eigenvalue weighted by Crippen LogP contribution is -2.03. The van der Waals surface area contributed by atoms with Gasteiger partial charge in [0, 0.05) is 40.3 Å². The highest BCUT2D eigenvalue weighted by atomic mass is 32.2. The quantitative estimate of drug-likeness (QED) is 0.222. The van der Waals surface area contributed by atoms with Gasteiger partial charge in [0.15, 0.2) is 0 Å². The molecule has 0 amide bonds. The number of rotatable bonds is 6. The predicted molar refractivity (Wildman–Crippen MR) is 124 cm³/mol. The van der Waals surface area contributed by atoms with Crippen LogP contribution >= 0.6 is 11.8 Å². The Morgan fingerprint density at radius 3 is 2.70 bits per heavy atom. The molecule has 0 saturated carbocycles. The molecule has 0 unspecified atom stereocenters. The van der Waals surface area contributed by atoms with E-state index >= 15 is 0 Å². The second-order valence-electron chi connectivity index (χ2n) is 6.85. The number of hydrogen-bond donors (Lipinski definition) is 0. The molecule has 0 fully saturated rings. The molecule has 0 aliphatic rings. The van der Waals surface area contributed by atoms with Crippen molar-refractivity contribution in [2.24, 2.45) is 4.99 Å². The van der Waals surface area contributed by atoms with Crippen LogP contribution in [0.5, 0.6) is 0 Å². The van der Waals surface area contributed by atoms with Crippen molar-refractivity contribution in [3.63, 3.8) is 0 Å². The van der Waals surface area contributed by atoms with Gasteiger partial charge in [-0.25, -0.2) is 4.79 Å². The van der Waals surface area contributed by atoms with Crippen molar-refractivity contribution >= 4 is 40.5 Å². The van der Waals surface area contributed by atoms with Crippen molar-refractivity contribution < 1.29 is 9.53 Å².